The minimum Gasteiger partial charge on any atom is -0.476 e. The van der Waals surface area contributed by atoms with Crippen molar-refractivity contribution in [3.05, 3.63) is 41.0 Å². The van der Waals surface area contributed by atoms with E-state index in [1.807, 2.05) is 0 Å². The first-order valence-corrected chi connectivity index (χ1v) is 7.49. The highest BCUT2D eigenvalue weighted by atomic mass is 32.2. The van der Waals surface area contributed by atoms with Crippen molar-refractivity contribution < 1.29 is 18.3 Å². The fraction of sp³-hybridized carbons (Fsp3) is 0.0909. The van der Waals surface area contributed by atoms with Crippen LogP contribution in [0.1, 0.15) is 15.5 Å². The lowest BCUT2D eigenvalue weighted by atomic mass is 10.4. The van der Waals surface area contributed by atoms with E-state index in [0.717, 1.165) is 11.3 Å². The summed E-state index contributed by atoms with van der Waals surface area (Å²) in [6, 6.07) is 7.72. The maximum absolute atomic E-state index is 12.1. The highest BCUT2D eigenvalue weighted by molar-refractivity contribution is 7.93. The lowest BCUT2D eigenvalue weighted by Gasteiger charge is -2.05. The van der Waals surface area contributed by atoms with E-state index in [4.69, 9.17) is 5.11 Å². The molecule has 0 saturated heterocycles. The number of benzene rings is 1. The number of hydrogen-bond donors (Lipinski definition) is 2. The molecule has 0 spiro atoms. The monoisotopic (exact) mass is 298 g/mol. The molecule has 19 heavy (non-hydrogen) atoms. The van der Waals surface area contributed by atoms with E-state index in [0.29, 0.717) is 5.01 Å². The van der Waals surface area contributed by atoms with Gasteiger partial charge in [0.05, 0.1) is 9.90 Å². The Morgan fingerprint density at radius 3 is 2.53 bits per heavy atom. The molecule has 0 saturated carbocycles. The quantitative estimate of drug-likeness (QED) is 0.899. The molecule has 0 bridgehead atoms. The van der Waals surface area contributed by atoms with Gasteiger partial charge in [0.15, 0.2) is 5.69 Å². The highest BCUT2D eigenvalue weighted by Crippen LogP contribution is 2.26. The molecule has 0 atom stereocenters. The number of carbonyl (C=O) groups is 1. The zero-order chi connectivity index (χ0) is 14.0. The van der Waals surface area contributed by atoms with Gasteiger partial charge in [-0.05, 0) is 19.1 Å². The highest BCUT2D eigenvalue weighted by Gasteiger charge is 2.21. The lowest BCUT2D eigenvalue weighted by molar-refractivity contribution is 0.0692. The molecule has 1 aromatic heterocycles. The van der Waals surface area contributed by atoms with Crippen molar-refractivity contribution in [2.75, 3.05) is 4.72 Å². The molecule has 0 aliphatic heterocycles. The summed E-state index contributed by atoms with van der Waals surface area (Å²) in [7, 11) is -3.80. The van der Waals surface area contributed by atoms with Gasteiger partial charge in [-0.25, -0.2) is 18.2 Å². The summed E-state index contributed by atoms with van der Waals surface area (Å²) in [6.07, 6.45) is 0. The average Bonchev–Trinajstić information content (AvgIpc) is 2.71. The predicted octanol–water partition coefficient (Wildman–Crippen LogP) is 1.95. The molecule has 0 unspecified atom stereocenters. The summed E-state index contributed by atoms with van der Waals surface area (Å²) in [5, 5.41) is 9.44. The normalized spacial score (nSPS) is 11.2. The van der Waals surface area contributed by atoms with Crippen molar-refractivity contribution in [3.8, 4) is 0 Å². The third kappa shape index (κ3) is 2.91. The molecule has 1 heterocycles. The Morgan fingerprint density at radius 2 is 1.95 bits per heavy atom. The molecule has 2 rings (SSSR count). The number of aromatic carboxylic acids is 1. The van der Waals surface area contributed by atoms with Crippen LogP contribution in [0.2, 0.25) is 0 Å². The average molecular weight is 298 g/mol. The van der Waals surface area contributed by atoms with Crippen LogP contribution >= 0.6 is 11.3 Å². The SMILES string of the molecule is Cc1nc(C(=O)O)c(NS(=O)(=O)c2ccccc2)s1. The number of sulfonamides is 1. The number of nitrogens with one attached hydrogen (secondary N) is 1. The first-order chi connectivity index (χ1) is 8.90. The van der Waals surface area contributed by atoms with Crippen LogP contribution in [-0.2, 0) is 10.0 Å². The van der Waals surface area contributed by atoms with Crippen LogP contribution in [0.25, 0.3) is 0 Å². The first kappa shape index (κ1) is 13.5. The molecule has 6 nitrogen and oxygen atoms in total. The standard InChI is InChI=1S/C11H10N2O4S2/c1-7-12-9(11(14)15)10(18-7)13-19(16,17)8-5-3-2-4-6-8/h2-6,13H,1H3,(H,14,15). The Labute approximate surface area is 113 Å². The number of aryl methyl sites for hydroxylation is 1. The maximum Gasteiger partial charge on any atom is 0.357 e. The third-order valence-electron chi connectivity index (χ3n) is 2.22. The first-order valence-electron chi connectivity index (χ1n) is 5.19. The summed E-state index contributed by atoms with van der Waals surface area (Å²) >= 11 is 0.982. The van der Waals surface area contributed by atoms with Gasteiger partial charge < -0.3 is 5.11 Å². The van der Waals surface area contributed by atoms with Crippen LogP contribution in [0.3, 0.4) is 0 Å². The van der Waals surface area contributed by atoms with E-state index >= 15 is 0 Å². The Bertz CT molecular complexity index is 708. The molecule has 0 fully saturated rings. The van der Waals surface area contributed by atoms with E-state index in [1.165, 1.54) is 12.1 Å². The minimum atomic E-state index is -3.80. The van der Waals surface area contributed by atoms with E-state index in [-0.39, 0.29) is 15.6 Å². The van der Waals surface area contributed by atoms with Crippen LogP contribution in [0, 0.1) is 6.92 Å². The summed E-state index contributed by atoms with van der Waals surface area (Å²) in [5.41, 5.74) is -0.290. The van der Waals surface area contributed by atoms with Gasteiger partial charge in [-0.15, -0.1) is 11.3 Å². The molecule has 8 heteroatoms. The van der Waals surface area contributed by atoms with Crippen molar-refractivity contribution in [1.82, 2.24) is 4.98 Å². The van der Waals surface area contributed by atoms with Gasteiger partial charge in [0.2, 0.25) is 0 Å². The summed E-state index contributed by atoms with van der Waals surface area (Å²) in [6.45, 7) is 1.61. The zero-order valence-electron chi connectivity index (χ0n) is 9.82. The fourth-order valence-corrected chi connectivity index (χ4v) is 3.55. The van der Waals surface area contributed by atoms with Crippen LogP contribution in [-0.4, -0.2) is 24.5 Å². The van der Waals surface area contributed by atoms with E-state index in [2.05, 4.69) is 9.71 Å². The van der Waals surface area contributed by atoms with Crippen LogP contribution in [0.4, 0.5) is 5.00 Å². The lowest BCUT2D eigenvalue weighted by Crippen LogP contribution is -2.14. The number of rotatable bonds is 4. The molecule has 0 aliphatic rings. The molecule has 0 radical (unpaired) electrons. The van der Waals surface area contributed by atoms with Gasteiger partial charge in [-0.1, -0.05) is 18.2 Å². The second-order valence-electron chi connectivity index (χ2n) is 3.63. The number of thiazole rings is 1. The van der Waals surface area contributed by atoms with Gasteiger partial charge in [0.1, 0.15) is 5.00 Å². The van der Waals surface area contributed by atoms with Crippen LogP contribution in [0.5, 0.6) is 0 Å². The van der Waals surface area contributed by atoms with E-state index in [9.17, 15) is 13.2 Å². The Kier molecular flexibility index (Phi) is 3.54. The zero-order valence-corrected chi connectivity index (χ0v) is 11.5. The number of carboxylic acids is 1. The van der Waals surface area contributed by atoms with Gasteiger partial charge in [-0.3, -0.25) is 4.72 Å². The fourth-order valence-electron chi connectivity index (χ4n) is 1.42. The van der Waals surface area contributed by atoms with Gasteiger partial charge in [0.25, 0.3) is 10.0 Å². The predicted molar refractivity (Wildman–Crippen MR) is 71.1 cm³/mol. The van der Waals surface area contributed by atoms with E-state index in [1.54, 1.807) is 25.1 Å². The summed E-state index contributed by atoms with van der Waals surface area (Å²) < 4.78 is 26.4. The molecule has 100 valence electrons. The molecule has 2 N–H and O–H groups in total. The number of carboxylic acid groups (broad SMARTS) is 1. The van der Waals surface area contributed by atoms with Crippen LogP contribution in [0.15, 0.2) is 35.2 Å². The number of anilines is 1. The van der Waals surface area contributed by atoms with Gasteiger partial charge in [-0.2, -0.15) is 0 Å². The summed E-state index contributed by atoms with van der Waals surface area (Å²) in [5.74, 6) is -1.27. The van der Waals surface area contributed by atoms with Gasteiger partial charge >= 0.3 is 5.97 Å². The van der Waals surface area contributed by atoms with Gasteiger partial charge in [0, 0.05) is 0 Å². The molecule has 1 aromatic carbocycles. The minimum absolute atomic E-state index is 0.00820. The Balaban J connectivity index is 2.39. The van der Waals surface area contributed by atoms with Crippen molar-refractivity contribution in [2.45, 2.75) is 11.8 Å². The van der Waals surface area contributed by atoms with E-state index < -0.39 is 16.0 Å². The third-order valence-corrected chi connectivity index (χ3v) is 4.60. The van der Waals surface area contributed by atoms with Crippen molar-refractivity contribution in [2.24, 2.45) is 0 Å². The van der Waals surface area contributed by atoms with Crippen molar-refractivity contribution >= 4 is 32.3 Å². The number of aromatic nitrogens is 1. The Morgan fingerprint density at radius 1 is 1.32 bits per heavy atom. The maximum atomic E-state index is 12.1. The largest absolute Gasteiger partial charge is 0.476 e. The van der Waals surface area contributed by atoms with Crippen LogP contribution < -0.4 is 4.72 Å². The second-order valence-corrected chi connectivity index (χ2v) is 6.52. The number of hydrogen-bond acceptors (Lipinski definition) is 5. The number of nitrogens with zero attached hydrogens (tertiary/aromatic N) is 1. The van der Waals surface area contributed by atoms with Crippen molar-refractivity contribution in [3.63, 3.8) is 0 Å². The summed E-state index contributed by atoms with van der Waals surface area (Å²) in [4.78, 5) is 14.8. The topological polar surface area (TPSA) is 96.4 Å². The second kappa shape index (κ2) is 4.98. The smallest absolute Gasteiger partial charge is 0.357 e. The molecule has 0 amide bonds. The Hall–Kier alpha value is -1.93. The molecule has 0 aliphatic carbocycles. The van der Waals surface area contributed by atoms with Crippen molar-refractivity contribution in [1.29, 1.82) is 0 Å². The molecular weight excluding hydrogens is 288 g/mol. The molecular formula is C11H10N2O4S2. The molecule has 2 aromatic rings.